The summed E-state index contributed by atoms with van der Waals surface area (Å²) in [6.45, 7) is 3.25. The van der Waals surface area contributed by atoms with Crippen LogP contribution in [0.3, 0.4) is 0 Å². The third-order valence-electron chi connectivity index (χ3n) is 2.84. The van der Waals surface area contributed by atoms with Crippen molar-refractivity contribution in [1.82, 2.24) is 10.6 Å². The lowest BCUT2D eigenvalue weighted by molar-refractivity contribution is 0.0420. The summed E-state index contributed by atoms with van der Waals surface area (Å²) in [6, 6.07) is 0. The third-order valence-corrected chi connectivity index (χ3v) is 3.79. The van der Waals surface area contributed by atoms with Crippen molar-refractivity contribution in [3.63, 3.8) is 0 Å². The molecule has 7 nitrogen and oxygen atoms in total. The van der Waals surface area contributed by atoms with Crippen LogP contribution in [-0.4, -0.2) is 72.4 Å². The summed E-state index contributed by atoms with van der Waals surface area (Å²) in [6.07, 6.45) is 3.29. The molecule has 1 aliphatic heterocycles. The van der Waals surface area contributed by atoms with E-state index in [0.717, 1.165) is 26.0 Å². The molecule has 20 heavy (non-hydrogen) atoms. The molecule has 1 saturated heterocycles. The van der Waals surface area contributed by atoms with Crippen LogP contribution in [0, 0.1) is 0 Å². The van der Waals surface area contributed by atoms with Crippen molar-refractivity contribution in [3.05, 3.63) is 0 Å². The Kier molecular flexibility index (Phi) is 7.86. The zero-order valence-electron chi connectivity index (χ0n) is 12.2. The van der Waals surface area contributed by atoms with E-state index >= 15 is 0 Å². The number of nitrogens with one attached hydrogen (secondary N) is 2. The van der Waals surface area contributed by atoms with Crippen molar-refractivity contribution in [3.8, 4) is 0 Å². The lowest BCUT2D eigenvalue weighted by Gasteiger charge is -2.12. The van der Waals surface area contributed by atoms with Crippen LogP contribution in [-0.2, 0) is 19.3 Å². The van der Waals surface area contributed by atoms with Crippen molar-refractivity contribution in [1.29, 1.82) is 0 Å². The molecule has 2 N–H and O–H groups in total. The second kappa shape index (κ2) is 9.15. The maximum Gasteiger partial charge on any atom is 0.191 e. The highest BCUT2D eigenvalue weighted by Crippen LogP contribution is 2.07. The van der Waals surface area contributed by atoms with E-state index in [0.29, 0.717) is 25.7 Å². The first kappa shape index (κ1) is 17.2. The van der Waals surface area contributed by atoms with Gasteiger partial charge in [-0.15, -0.1) is 0 Å². The van der Waals surface area contributed by atoms with Gasteiger partial charge in [0.2, 0.25) is 0 Å². The summed E-state index contributed by atoms with van der Waals surface area (Å²) in [5, 5.41) is 6.07. The van der Waals surface area contributed by atoms with Crippen LogP contribution in [0.25, 0.3) is 0 Å². The van der Waals surface area contributed by atoms with Crippen LogP contribution in [0.1, 0.15) is 12.8 Å². The van der Waals surface area contributed by atoms with E-state index in [1.165, 1.54) is 6.26 Å². The second-order valence-corrected chi connectivity index (χ2v) is 7.03. The van der Waals surface area contributed by atoms with Crippen molar-refractivity contribution < 1.29 is 17.9 Å². The first-order chi connectivity index (χ1) is 9.51. The highest BCUT2D eigenvalue weighted by Gasteiger charge is 2.15. The zero-order chi connectivity index (χ0) is 14.8. The van der Waals surface area contributed by atoms with Crippen molar-refractivity contribution >= 4 is 15.8 Å². The van der Waals surface area contributed by atoms with Gasteiger partial charge in [0.25, 0.3) is 0 Å². The Balaban J connectivity index is 2.03. The molecule has 1 unspecified atom stereocenters. The number of hydrogen-bond donors (Lipinski definition) is 2. The average Bonchev–Trinajstić information content (AvgIpc) is 2.88. The molecule has 1 heterocycles. The minimum absolute atomic E-state index is 0.0957. The Bertz CT molecular complexity index is 392. The maximum atomic E-state index is 11.0. The van der Waals surface area contributed by atoms with Crippen molar-refractivity contribution in [2.24, 2.45) is 4.99 Å². The fourth-order valence-electron chi connectivity index (χ4n) is 1.75. The molecule has 1 rings (SSSR count). The van der Waals surface area contributed by atoms with Crippen LogP contribution in [0.5, 0.6) is 0 Å². The van der Waals surface area contributed by atoms with Gasteiger partial charge in [-0.1, -0.05) is 0 Å². The molecule has 0 aromatic rings. The van der Waals surface area contributed by atoms with E-state index in [4.69, 9.17) is 9.47 Å². The van der Waals surface area contributed by atoms with Crippen molar-refractivity contribution in [2.75, 3.05) is 52.0 Å². The normalized spacial score (nSPS) is 20.1. The number of rotatable bonds is 8. The van der Waals surface area contributed by atoms with Gasteiger partial charge in [0.05, 0.1) is 18.5 Å². The summed E-state index contributed by atoms with van der Waals surface area (Å²) < 4.78 is 32.9. The molecule has 1 fully saturated rings. The molecule has 1 atom stereocenters. The van der Waals surface area contributed by atoms with Gasteiger partial charge < -0.3 is 20.1 Å². The first-order valence-electron chi connectivity index (χ1n) is 6.83. The topological polar surface area (TPSA) is 89.0 Å². The van der Waals surface area contributed by atoms with Crippen molar-refractivity contribution in [2.45, 2.75) is 18.9 Å². The summed E-state index contributed by atoms with van der Waals surface area (Å²) in [5.41, 5.74) is 0. The van der Waals surface area contributed by atoms with Gasteiger partial charge in [-0.25, -0.2) is 8.42 Å². The van der Waals surface area contributed by atoms with Gasteiger partial charge in [0.1, 0.15) is 9.84 Å². The highest BCUT2D eigenvalue weighted by atomic mass is 32.2. The molecular weight excluding hydrogens is 282 g/mol. The minimum Gasteiger partial charge on any atom is -0.379 e. The van der Waals surface area contributed by atoms with Crippen LogP contribution >= 0.6 is 0 Å². The largest absolute Gasteiger partial charge is 0.379 e. The molecule has 118 valence electrons. The number of sulfone groups is 1. The number of ether oxygens (including phenoxy) is 2. The lowest BCUT2D eigenvalue weighted by atomic mass is 10.3. The summed E-state index contributed by atoms with van der Waals surface area (Å²) in [7, 11) is -1.29. The standard InChI is InChI=1S/C12H25N3O4S/c1-13-12(15-6-9-20(2,16)17)14-5-3-7-19-11-4-8-18-10-11/h11H,3-10H2,1-2H3,(H2,13,14,15). The van der Waals surface area contributed by atoms with E-state index in [9.17, 15) is 8.42 Å². The Labute approximate surface area is 121 Å². The Hall–Kier alpha value is -0.860. The SMILES string of the molecule is CN=C(NCCCOC1CCOC1)NCCS(C)(=O)=O. The summed E-state index contributed by atoms with van der Waals surface area (Å²) >= 11 is 0. The molecule has 0 spiro atoms. The van der Waals surface area contributed by atoms with E-state index in [1.807, 2.05) is 0 Å². The number of aliphatic imine (C=N–C) groups is 1. The molecule has 0 amide bonds. The number of hydrogen-bond acceptors (Lipinski definition) is 5. The molecule has 1 aliphatic rings. The van der Waals surface area contributed by atoms with Gasteiger partial charge in [-0.3, -0.25) is 4.99 Å². The van der Waals surface area contributed by atoms with Gasteiger partial charge in [0.15, 0.2) is 5.96 Å². The van der Waals surface area contributed by atoms with E-state index in [1.54, 1.807) is 7.05 Å². The molecule has 0 aromatic heterocycles. The first-order valence-corrected chi connectivity index (χ1v) is 8.89. The van der Waals surface area contributed by atoms with E-state index in [2.05, 4.69) is 15.6 Å². The Morgan fingerprint density at radius 2 is 2.15 bits per heavy atom. The molecule has 8 heteroatoms. The maximum absolute atomic E-state index is 11.0. The second-order valence-electron chi connectivity index (χ2n) is 4.77. The molecular formula is C12H25N3O4S. The van der Waals surface area contributed by atoms with Gasteiger partial charge in [-0.05, 0) is 12.8 Å². The molecule has 0 aliphatic carbocycles. The van der Waals surface area contributed by atoms with Gasteiger partial charge in [-0.2, -0.15) is 0 Å². The predicted molar refractivity (Wildman–Crippen MR) is 78.9 cm³/mol. The van der Waals surface area contributed by atoms with Crippen LogP contribution in [0.4, 0.5) is 0 Å². The molecule has 0 saturated carbocycles. The molecule has 0 radical (unpaired) electrons. The average molecular weight is 307 g/mol. The van der Waals surface area contributed by atoms with Gasteiger partial charge >= 0.3 is 0 Å². The van der Waals surface area contributed by atoms with Crippen LogP contribution in [0.2, 0.25) is 0 Å². The third kappa shape index (κ3) is 8.34. The lowest BCUT2D eigenvalue weighted by Crippen LogP contribution is -2.40. The van der Waals surface area contributed by atoms with E-state index < -0.39 is 9.84 Å². The monoisotopic (exact) mass is 307 g/mol. The minimum atomic E-state index is -2.94. The summed E-state index contributed by atoms with van der Waals surface area (Å²) in [4.78, 5) is 4.02. The number of nitrogens with zero attached hydrogens (tertiary/aromatic N) is 1. The van der Waals surface area contributed by atoms with Crippen LogP contribution < -0.4 is 10.6 Å². The Morgan fingerprint density at radius 3 is 2.75 bits per heavy atom. The summed E-state index contributed by atoms with van der Waals surface area (Å²) in [5.74, 6) is 0.705. The fraction of sp³-hybridized carbons (Fsp3) is 0.917. The smallest absolute Gasteiger partial charge is 0.191 e. The highest BCUT2D eigenvalue weighted by molar-refractivity contribution is 7.90. The van der Waals surface area contributed by atoms with Crippen LogP contribution in [0.15, 0.2) is 4.99 Å². The zero-order valence-corrected chi connectivity index (χ0v) is 13.0. The quantitative estimate of drug-likeness (QED) is 0.353. The predicted octanol–water partition coefficient (Wildman–Crippen LogP) is -0.608. The Morgan fingerprint density at radius 1 is 1.40 bits per heavy atom. The number of guanidine groups is 1. The fourth-order valence-corrected chi connectivity index (χ4v) is 2.22. The van der Waals surface area contributed by atoms with E-state index in [-0.39, 0.29) is 11.9 Å². The molecule has 0 bridgehead atoms. The van der Waals surface area contributed by atoms with Gasteiger partial charge in [0, 0.05) is 39.6 Å². The molecule has 0 aromatic carbocycles.